The topological polar surface area (TPSA) is 73.3 Å². The number of nitrogens with zero attached hydrogens (tertiary/aromatic N) is 3. The zero-order chi connectivity index (χ0) is 17.6. The first-order valence-corrected chi connectivity index (χ1v) is 7.98. The van der Waals surface area contributed by atoms with Gasteiger partial charge in [-0.1, -0.05) is 11.6 Å². The summed E-state index contributed by atoms with van der Waals surface area (Å²) < 4.78 is 16.6. The number of hydrogen-bond donors (Lipinski definition) is 0. The number of aryl methyl sites for hydroxylation is 1. The Morgan fingerprint density at radius 3 is 2.72 bits per heavy atom. The van der Waals surface area contributed by atoms with E-state index >= 15 is 0 Å². The van der Waals surface area contributed by atoms with Crippen molar-refractivity contribution < 1.29 is 19.0 Å². The molecule has 2 aliphatic heterocycles. The summed E-state index contributed by atoms with van der Waals surface area (Å²) in [6, 6.07) is 7.03. The Hall–Kier alpha value is -2.80. The van der Waals surface area contributed by atoms with Crippen LogP contribution < -0.4 is 9.47 Å². The number of hydrazone groups is 1. The van der Waals surface area contributed by atoms with E-state index in [2.05, 4.69) is 10.1 Å². The van der Waals surface area contributed by atoms with Crippen LogP contribution in [0.2, 0.25) is 5.02 Å². The second kappa shape index (κ2) is 5.93. The lowest BCUT2D eigenvalue weighted by Crippen LogP contribution is -2.25. The molecule has 4 rings (SSSR count). The van der Waals surface area contributed by atoms with Gasteiger partial charge >= 0.3 is 0 Å². The van der Waals surface area contributed by atoms with Crippen LogP contribution in [0.3, 0.4) is 0 Å². The van der Waals surface area contributed by atoms with Gasteiger partial charge < -0.3 is 14.2 Å². The van der Waals surface area contributed by atoms with E-state index in [-0.39, 0.29) is 12.7 Å². The van der Waals surface area contributed by atoms with Gasteiger partial charge in [0.25, 0.3) is 0 Å². The first-order valence-electron chi connectivity index (χ1n) is 7.60. The molecule has 0 spiro atoms. The van der Waals surface area contributed by atoms with Crippen LogP contribution in [0.4, 0.5) is 0 Å². The minimum absolute atomic E-state index is 0.133. The molecule has 7 nitrogen and oxygen atoms in total. The van der Waals surface area contributed by atoms with E-state index in [0.717, 1.165) is 5.69 Å². The summed E-state index contributed by atoms with van der Waals surface area (Å²) in [5, 5.41) is 5.94. The molecule has 0 saturated carbocycles. The zero-order valence-electron chi connectivity index (χ0n) is 13.5. The molecule has 0 radical (unpaired) electrons. The van der Waals surface area contributed by atoms with Crippen LogP contribution in [-0.2, 0) is 9.53 Å². The standard InChI is InChI=1S/C17H14ClN3O4/c1-9-3-4-11(7-19-9)16-20-21(10(2)22)17(25-16)12-5-14-15(6-13(12)18)24-8-23-14/h3-7,17H,8H2,1-2H3/t17-/m1/s1. The number of halogens is 1. The predicted octanol–water partition coefficient (Wildman–Crippen LogP) is 3.01. The van der Waals surface area contributed by atoms with E-state index in [1.807, 2.05) is 19.1 Å². The Labute approximate surface area is 148 Å². The number of ether oxygens (including phenoxy) is 3. The molecule has 0 N–H and O–H groups in total. The van der Waals surface area contributed by atoms with Gasteiger partial charge in [0, 0.05) is 30.4 Å². The molecular weight excluding hydrogens is 346 g/mol. The molecule has 1 aromatic carbocycles. The summed E-state index contributed by atoms with van der Waals surface area (Å²) in [5.74, 6) is 1.15. The van der Waals surface area contributed by atoms with Crippen molar-refractivity contribution in [1.82, 2.24) is 9.99 Å². The molecule has 0 aliphatic carbocycles. The lowest BCUT2D eigenvalue weighted by molar-refractivity contribution is -0.135. The number of carbonyl (C=O) groups is 1. The monoisotopic (exact) mass is 359 g/mol. The van der Waals surface area contributed by atoms with E-state index in [1.54, 1.807) is 18.3 Å². The van der Waals surface area contributed by atoms with Gasteiger partial charge in [0.2, 0.25) is 24.8 Å². The van der Waals surface area contributed by atoms with Crippen molar-refractivity contribution >= 4 is 23.4 Å². The van der Waals surface area contributed by atoms with Crippen LogP contribution in [0.15, 0.2) is 35.6 Å². The van der Waals surface area contributed by atoms with Crippen molar-refractivity contribution in [2.75, 3.05) is 6.79 Å². The number of benzene rings is 1. The molecule has 1 atom stereocenters. The van der Waals surface area contributed by atoms with Gasteiger partial charge in [-0.2, -0.15) is 5.01 Å². The number of hydrogen-bond acceptors (Lipinski definition) is 6. The third-order valence-electron chi connectivity index (χ3n) is 3.88. The van der Waals surface area contributed by atoms with Gasteiger partial charge in [0.15, 0.2) is 11.5 Å². The molecule has 128 valence electrons. The van der Waals surface area contributed by atoms with Crippen LogP contribution in [0.1, 0.15) is 30.0 Å². The summed E-state index contributed by atoms with van der Waals surface area (Å²) in [6.45, 7) is 3.43. The molecule has 2 aliphatic rings. The first kappa shape index (κ1) is 15.7. The molecule has 0 bridgehead atoms. The fourth-order valence-corrected chi connectivity index (χ4v) is 2.85. The Morgan fingerprint density at radius 1 is 1.28 bits per heavy atom. The predicted molar refractivity (Wildman–Crippen MR) is 89.4 cm³/mol. The van der Waals surface area contributed by atoms with Crippen LogP contribution in [-0.4, -0.2) is 28.6 Å². The molecule has 25 heavy (non-hydrogen) atoms. The molecule has 0 fully saturated rings. The van der Waals surface area contributed by atoms with Crippen LogP contribution in [0.25, 0.3) is 0 Å². The lowest BCUT2D eigenvalue weighted by Gasteiger charge is -2.20. The average molecular weight is 360 g/mol. The van der Waals surface area contributed by atoms with Gasteiger partial charge in [-0.05, 0) is 25.1 Å². The maximum atomic E-state index is 12.0. The highest BCUT2D eigenvalue weighted by Crippen LogP contribution is 2.42. The van der Waals surface area contributed by atoms with E-state index in [4.69, 9.17) is 25.8 Å². The van der Waals surface area contributed by atoms with Crippen molar-refractivity contribution in [3.63, 3.8) is 0 Å². The fourth-order valence-electron chi connectivity index (χ4n) is 2.60. The SMILES string of the molecule is CC(=O)N1N=C(c2ccc(C)nc2)O[C@@H]1c1cc2c(cc1Cl)OCO2. The average Bonchev–Trinajstić information content (AvgIpc) is 3.21. The zero-order valence-corrected chi connectivity index (χ0v) is 14.3. The molecule has 3 heterocycles. The summed E-state index contributed by atoms with van der Waals surface area (Å²) in [5.41, 5.74) is 2.12. The highest BCUT2D eigenvalue weighted by atomic mass is 35.5. The summed E-state index contributed by atoms with van der Waals surface area (Å²) in [6.07, 6.45) is 0.867. The van der Waals surface area contributed by atoms with Gasteiger partial charge in [-0.15, -0.1) is 5.10 Å². The second-order valence-electron chi connectivity index (χ2n) is 5.65. The molecule has 8 heteroatoms. The minimum atomic E-state index is -0.782. The second-order valence-corrected chi connectivity index (χ2v) is 6.06. The third kappa shape index (κ3) is 2.76. The van der Waals surface area contributed by atoms with Gasteiger partial charge in [0.05, 0.1) is 10.6 Å². The molecule has 1 aromatic heterocycles. The smallest absolute Gasteiger partial charge is 0.243 e. The molecule has 1 amide bonds. The van der Waals surface area contributed by atoms with Crippen LogP contribution in [0.5, 0.6) is 11.5 Å². The summed E-state index contributed by atoms with van der Waals surface area (Å²) in [7, 11) is 0. The minimum Gasteiger partial charge on any atom is -0.454 e. The number of pyridine rings is 1. The molecule has 0 saturated heterocycles. The quantitative estimate of drug-likeness (QED) is 0.824. The van der Waals surface area contributed by atoms with Crippen molar-refractivity contribution in [2.45, 2.75) is 20.1 Å². The number of fused-ring (bicyclic) bond motifs is 1. The largest absolute Gasteiger partial charge is 0.454 e. The first-order chi connectivity index (χ1) is 12.0. The Balaban J connectivity index is 1.71. The summed E-state index contributed by atoms with van der Waals surface area (Å²) >= 11 is 6.36. The maximum absolute atomic E-state index is 12.0. The molecule has 0 unspecified atom stereocenters. The third-order valence-corrected chi connectivity index (χ3v) is 4.21. The highest BCUT2D eigenvalue weighted by molar-refractivity contribution is 6.31. The normalized spacial score (nSPS) is 18.1. The van der Waals surface area contributed by atoms with Crippen LogP contribution >= 0.6 is 11.6 Å². The number of amides is 1. The summed E-state index contributed by atoms with van der Waals surface area (Å²) in [4.78, 5) is 16.3. The van der Waals surface area contributed by atoms with E-state index in [9.17, 15) is 4.79 Å². The van der Waals surface area contributed by atoms with Gasteiger partial charge in [0.1, 0.15) is 0 Å². The lowest BCUT2D eigenvalue weighted by atomic mass is 10.1. The van der Waals surface area contributed by atoms with Crippen molar-refractivity contribution in [3.8, 4) is 11.5 Å². The Morgan fingerprint density at radius 2 is 2.04 bits per heavy atom. The number of rotatable bonds is 2. The van der Waals surface area contributed by atoms with Gasteiger partial charge in [-0.25, -0.2) is 0 Å². The highest BCUT2D eigenvalue weighted by Gasteiger charge is 2.35. The maximum Gasteiger partial charge on any atom is 0.243 e. The Kier molecular flexibility index (Phi) is 3.73. The fraction of sp³-hybridized carbons (Fsp3) is 0.235. The van der Waals surface area contributed by atoms with Crippen LogP contribution in [0, 0.1) is 6.92 Å². The molecular formula is C17H14ClN3O4. The number of aromatic nitrogens is 1. The van der Waals surface area contributed by atoms with E-state index in [1.165, 1.54) is 11.9 Å². The number of carbonyl (C=O) groups excluding carboxylic acids is 1. The molecule has 2 aromatic rings. The van der Waals surface area contributed by atoms with Crippen molar-refractivity contribution in [1.29, 1.82) is 0 Å². The van der Waals surface area contributed by atoms with E-state index in [0.29, 0.717) is 33.5 Å². The Bertz CT molecular complexity index is 882. The van der Waals surface area contributed by atoms with Crippen molar-refractivity contribution in [2.24, 2.45) is 5.10 Å². The van der Waals surface area contributed by atoms with Crippen molar-refractivity contribution in [3.05, 3.63) is 52.3 Å². The van der Waals surface area contributed by atoms with Gasteiger partial charge in [-0.3, -0.25) is 9.78 Å². The van der Waals surface area contributed by atoms with E-state index < -0.39 is 6.23 Å².